The largest absolute Gasteiger partial charge is 0.337 e. The summed E-state index contributed by atoms with van der Waals surface area (Å²) in [6.07, 6.45) is 4.21. The van der Waals surface area contributed by atoms with Crippen LogP contribution in [0.4, 0.5) is 16.2 Å². The molecule has 0 spiro atoms. The number of thiophene rings is 1. The number of hydrogen-bond donors (Lipinski definition) is 4. The minimum atomic E-state index is -0.236. The maximum atomic E-state index is 12.5. The predicted molar refractivity (Wildman–Crippen MR) is 148 cm³/mol. The maximum Gasteiger partial charge on any atom is 0.319 e. The molecular weight excluding hydrogens is 472 g/mol. The van der Waals surface area contributed by atoms with E-state index in [1.165, 1.54) is 0 Å². The van der Waals surface area contributed by atoms with Gasteiger partial charge in [-0.2, -0.15) is 5.10 Å². The van der Waals surface area contributed by atoms with E-state index in [1.807, 2.05) is 92.0 Å². The van der Waals surface area contributed by atoms with Crippen molar-refractivity contribution in [2.75, 3.05) is 37.8 Å². The number of urea groups is 1. The number of amides is 3. The van der Waals surface area contributed by atoms with Gasteiger partial charge in [-0.1, -0.05) is 24.3 Å². The molecule has 2 aromatic carbocycles. The molecule has 0 saturated heterocycles. The maximum absolute atomic E-state index is 12.5. The van der Waals surface area contributed by atoms with Crippen molar-refractivity contribution in [3.05, 3.63) is 75.6 Å². The van der Waals surface area contributed by atoms with E-state index in [2.05, 4.69) is 26.1 Å². The van der Waals surface area contributed by atoms with Crippen molar-refractivity contribution in [3.8, 4) is 0 Å². The van der Waals surface area contributed by atoms with Crippen LogP contribution in [0.1, 0.15) is 21.7 Å². The molecule has 36 heavy (non-hydrogen) atoms. The van der Waals surface area contributed by atoms with Crippen LogP contribution in [0, 0.1) is 6.92 Å². The number of anilines is 2. The van der Waals surface area contributed by atoms with Gasteiger partial charge in [0.15, 0.2) is 0 Å². The molecule has 0 saturated carbocycles. The third kappa shape index (κ3) is 6.80. The lowest BCUT2D eigenvalue weighted by Crippen LogP contribution is -2.34. The van der Waals surface area contributed by atoms with Crippen LogP contribution in [0.2, 0.25) is 0 Å². The van der Waals surface area contributed by atoms with Crippen LogP contribution >= 0.6 is 11.3 Å². The first-order valence-corrected chi connectivity index (χ1v) is 12.5. The molecule has 0 bridgehead atoms. The topological polar surface area (TPSA) is 102 Å². The summed E-state index contributed by atoms with van der Waals surface area (Å²) in [5.41, 5.74) is 5.02. The Bertz CT molecular complexity index is 1370. The molecule has 0 radical (unpaired) electrons. The summed E-state index contributed by atoms with van der Waals surface area (Å²) in [6.45, 7) is 3.31. The Morgan fingerprint density at radius 2 is 1.94 bits per heavy atom. The number of nitrogens with one attached hydrogen (secondary N) is 4. The summed E-state index contributed by atoms with van der Waals surface area (Å²) in [7, 11) is 3.92. The molecule has 4 aromatic rings. The summed E-state index contributed by atoms with van der Waals surface area (Å²) in [6, 6.07) is 15.2. The zero-order valence-electron chi connectivity index (χ0n) is 20.6. The smallest absolute Gasteiger partial charge is 0.319 e. The summed E-state index contributed by atoms with van der Waals surface area (Å²) in [5.74, 6) is -0.0458. The molecule has 2 heterocycles. The Morgan fingerprint density at radius 3 is 2.72 bits per heavy atom. The Morgan fingerprint density at radius 1 is 1.08 bits per heavy atom. The number of fused-ring (bicyclic) bond motifs is 1. The lowest BCUT2D eigenvalue weighted by Gasteiger charge is -2.11. The van der Waals surface area contributed by atoms with E-state index < -0.39 is 0 Å². The molecule has 0 aliphatic heterocycles. The minimum absolute atomic E-state index is 0.0458. The number of likely N-dealkylation sites (N-methyl/N-ethyl adjacent to an activating group) is 1. The molecular formula is C27H30N6O2S. The second kappa shape index (κ2) is 11.7. The quantitative estimate of drug-likeness (QED) is 0.260. The van der Waals surface area contributed by atoms with Crippen LogP contribution in [0.3, 0.4) is 0 Å². The van der Waals surface area contributed by atoms with Gasteiger partial charge in [-0.05, 0) is 73.9 Å². The van der Waals surface area contributed by atoms with Gasteiger partial charge < -0.3 is 20.9 Å². The first-order valence-electron chi connectivity index (χ1n) is 11.7. The Hall–Kier alpha value is -3.95. The second-order valence-corrected chi connectivity index (χ2v) is 9.80. The number of nitrogens with zero attached hydrogens (tertiary/aromatic N) is 2. The van der Waals surface area contributed by atoms with Gasteiger partial charge in [0.25, 0.3) is 0 Å². The van der Waals surface area contributed by atoms with E-state index in [1.54, 1.807) is 11.3 Å². The number of benzene rings is 2. The highest BCUT2D eigenvalue weighted by atomic mass is 32.1. The highest BCUT2D eigenvalue weighted by Crippen LogP contribution is 2.26. The molecule has 2 aromatic heterocycles. The fourth-order valence-electron chi connectivity index (χ4n) is 3.68. The van der Waals surface area contributed by atoms with Gasteiger partial charge in [0.1, 0.15) is 0 Å². The van der Waals surface area contributed by atoms with Crippen molar-refractivity contribution in [2.45, 2.75) is 13.3 Å². The summed E-state index contributed by atoms with van der Waals surface area (Å²) < 4.78 is 0. The van der Waals surface area contributed by atoms with Crippen molar-refractivity contribution in [1.29, 1.82) is 0 Å². The van der Waals surface area contributed by atoms with Crippen molar-refractivity contribution in [1.82, 2.24) is 20.4 Å². The van der Waals surface area contributed by atoms with E-state index in [0.717, 1.165) is 44.8 Å². The van der Waals surface area contributed by atoms with Gasteiger partial charge >= 0.3 is 6.03 Å². The van der Waals surface area contributed by atoms with Crippen LogP contribution in [-0.4, -0.2) is 54.2 Å². The van der Waals surface area contributed by atoms with E-state index in [0.29, 0.717) is 18.7 Å². The molecule has 8 nitrogen and oxygen atoms in total. The molecule has 4 rings (SSSR count). The van der Waals surface area contributed by atoms with Crippen molar-refractivity contribution in [2.24, 2.45) is 0 Å². The van der Waals surface area contributed by atoms with Gasteiger partial charge in [-0.25, -0.2) is 4.79 Å². The first kappa shape index (κ1) is 25.2. The van der Waals surface area contributed by atoms with Crippen LogP contribution in [0.25, 0.3) is 23.1 Å². The number of carbonyl (C=O) groups is 2. The Balaban J connectivity index is 1.45. The zero-order valence-corrected chi connectivity index (χ0v) is 21.4. The number of carbonyl (C=O) groups excluding carboxylic acids is 2. The average molecular weight is 503 g/mol. The molecule has 0 fully saturated rings. The second-order valence-electron chi connectivity index (χ2n) is 8.77. The zero-order chi connectivity index (χ0) is 25.5. The van der Waals surface area contributed by atoms with E-state index in [9.17, 15) is 9.59 Å². The van der Waals surface area contributed by atoms with Crippen LogP contribution in [0.15, 0.2) is 53.9 Å². The number of aromatic amines is 1. The molecule has 4 N–H and O–H groups in total. The molecule has 0 unspecified atom stereocenters. The molecule has 186 valence electrons. The van der Waals surface area contributed by atoms with Gasteiger partial charge in [-0.3, -0.25) is 9.89 Å². The lowest BCUT2D eigenvalue weighted by molar-refractivity contribution is -0.115. The van der Waals surface area contributed by atoms with Crippen LogP contribution in [-0.2, 0) is 11.2 Å². The molecule has 0 aliphatic rings. The van der Waals surface area contributed by atoms with Gasteiger partial charge in [0.2, 0.25) is 5.91 Å². The summed E-state index contributed by atoms with van der Waals surface area (Å²) in [4.78, 5) is 27.7. The average Bonchev–Trinajstić information content (AvgIpc) is 3.47. The molecule has 9 heteroatoms. The lowest BCUT2D eigenvalue weighted by atomic mass is 10.1. The Kier molecular flexibility index (Phi) is 8.14. The standard InChI is InChI=1S/C27H30N6O2S/c1-18-14-25-22(17-24(18)30-26(34)16-21-8-5-13-36-21)23(31-32-25)10-9-19-6-4-7-20(15-19)29-27(35)28-11-12-33(2)3/h4-10,13-15,17H,11-12,16H2,1-3H3,(H,30,34)(H,31,32)(H2,28,29,35). The molecule has 0 atom stereocenters. The number of hydrogen-bond acceptors (Lipinski definition) is 5. The highest BCUT2D eigenvalue weighted by Gasteiger charge is 2.11. The van der Waals surface area contributed by atoms with Gasteiger partial charge in [-0.15, -0.1) is 11.3 Å². The third-order valence-electron chi connectivity index (χ3n) is 5.55. The van der Waals surface area contributed by atoms with E-state index >= 15 is 0 Å². The Labute approximate surface area is 214 Å². The fraction of sp³-hybridized carbons (Fsp3) is 0.222. The van der Waals surface area contributed by atoms with Crippen molar-refractivity contribution in [3.63, 3.8) is 0 Å². The number of aryl methyl sites for hydroxylation is 1. The number of rotatable bonds is 9. The SMILES string of the molecule is Cc1cc2[nH]nc(C=Cc3cccc(NC(=O)NCCN(C)C)c3)c2cc1NC(=O)Cc1cccs1. The monoisotopic (exact) mass is 502 g/mol. The summed E-state index contributed by atoms with van der Waals surface area (Å²) in [5, 5.41) is 19.1. The fourth-order valence-corrected chi connectivity index (χ4v) is 4.39. The third-order valence-corrected chi connectivity index (χ3v) is 6.43. The van der Waals surface area contributed by atoms with Crippen LogP contribution < -0.4 is 16.0 Å². The van der Waals surface area contributed by atoms with Gasteiger partial charge in [0.05, 0.1) is 17.6 Å². The minimum Gasteiger partial charge on any atom is -0.337 e. The van der Waals surface area contributed by atoms with E-state index in [4.69, 9.17) is 0 Å². The predicted octanol–water partition coefficient (Wildman–Crippen LogP) is 4.97. The first-order chi connectivity index (χ1) is 17.4. The van der Waals surface area contributed by atoms with Crippen molar-refractivity contribution < 1.29 is 9.59 Å². The van der Waals surface area contributed by atoms with Gasteiger partial charge in [0, 0.05) is 34.7 Å². The highest BCUT2D eigenvalue weighted by molar-refractivity contribution is 7.10. The number of H-pyrrole nitrogens is 1. The van der Waals surface area contributed by atoms with E-state index in [-0.39, 0.29) is 11.9 Å². The summed E-state index contributed by atoms with van der Waals surface area (Å²) >= 11 is 1.57. The normalized spacial score (nSPS) is 11.3. The molecule has 3 amide bonds. The number of aromatic nitrogens is 2. The van der Waals surface area contributed by atoms with Crippen molar-refractivity contribution >= 4 is 57.7 Å². The van der Waals surface area contributed by atoms with Crippen LogP contribution in [0.5, 0.6) is 0 Å². The molecule has 0 aliphatic carbocycles.